The van der Waals surface area contributed by atoms with Gasteiger partial charge in [0.1, 0.15) is 0 Å². The number of rotatable bonds is 2. The fourth-order valence-electron chi connectivity index (χ4n) is 1.63. The third-order valence-corrected chi connectivity index (χ3v) is 3.85. The van der Waals surface area contributed by atoms with Crippen LogP contribution in [0.4, 0.5) is 0 Å². The monoisotopic (exact) mass is 250 g/mol. The van der Waals surface area contributed by atoms with E-state index in [2.05, 4.69) is 0 Å². The topological polar surface area (TPSA) is 17.1 Å². The van der Waals surface area contributed by atoms with Gasteiger partial charge in [0, 0.05) is 10.4 Å². The van der Waals surface area contributed by atoms with Crippen LogP contribution in [0.15, 0.2) is 30.3 Å². The molecule has 1 aromatic carbocycles. The molecular formula is C13H11ClOS. The zero-order valence-corrected chi connectivity index (χ0v) is 10.7. The van der Waals surface area contributed by atoms with E-state index in [-0.39, 0.29) is 5.78 Å². The van der Waals surface area contributed by atoms with Crippen molar-refractivity contribution < 1.29 is 4.79 Å². The van der Waals surface area contributed by atoms with Crippen LogP contribution in [-0.2, 0) is 0 Å². The Kier molecular flexibility index (Phi) is 3.13. The Labute approximate surface area is 104 Å². The van der Waals surface area contributed by atoms with E-state index in [1.165, 1.54) is 11.3 Å². The first kappa shape index (κ1) is 11.4. The highest BCUT2D eigenvalue weighted by Gasteiger charge is 2.16. The van der Waals surface area contributed by atoms with Gasteiger partial charge in [-0.3, -0.25) is 4.79 Å². The molecule has 0 unspecified atom stereocenters. The van der Waals surface area contributed by atoms with E-state index in [0.29, 0.717) is 10.6 Å². The van der Waals surface area contributed by atoms with Gasteiger partial charge in [-0.15, -0.1) is 11.3 Å². The predicted molar refractivity (Wildman–Crippen MR) is 68.7 cm³/mol. The molecule has 0 bridgehead atoms. The Bertz CT molecular complexity index is 543. The van der Waals surface area contributed by atoms with Crippen molar-refractivity contribution in [3.8, 4) is 0 Å². The lowest BCUT2D eigenvalue weighted by Gasteiger charge is -2.01. The normalized spacial score (nSPS) is 10.4. The molecule has 1 heterocycles. The first-order chi connectivity index (χ1) is 7.59. The van der Waals surface area contributed by atoms with Crippen LogP contribution in [-0.4, -0.2) is 5.78 Å². The number of carbonyl (C=O) groups excluding carboxylic acids is 1. The Morgan fingerprint density at radius 2 is 1.94 bits per heavy atom. The molecule has 0 atom stereocenters. The number of hydrogen-bond acceptors (Lipinski definition) is 2. The summed E-state index contributed by atoms with van der Waals surface area (Å²) in [6, 6.07) is 9.18. The van der Waals surface area contributed by atoms with Crippen molar-refractivity contribution in [3.05, 3.63) is 56.2 Å². The SMILES string of the molecule is Cc1cc(C)c(C(=O)c2ccccc2Cl)s1. The van der Waals surface area contributed by atoms with Crippen LogP contribution in [0.25, 0.3) is 0 Å². The number of halogens is 1. The van der Waals surface area contributed by atoms with Gasteiger partial charge in [0.05, 0.1) is 9.90 Å². The summed E-state index contributed by atoms with van der Waals surface area (Å²) in [5, 5.41) is 0.512. The molecule has 1 nitrogen and oxygen atoms in total. The molecule has 0 aliphatic rings. The van der Waals surface area contributed by atoms with E-state index in [4.69, 9.17) is 11.6 Å². The molecule has 0 aliphatic carbocycles. The Hall–Kier alpha value is -1.12. The van der Waals surface area contributed by atoms with Crippen molar-refractivity contribution >= 4 is 28.7 Å². The molecule has 3 heteroatoms. The van der Waals surface area contributed by atoms with E-state index >= 15 is 0 Å². The minimum atomic E-state index is 0.0150. The van der Waals surface area contributed by atoms with Crippen molar-refractivity contribution in [3.63, 3.8) is 0 Å². The zero-order valence-electron chi connectivity index (χ0n) is 9.08. The van der Waals surface area contributed by atoms with Gasteiger partial charge in [-0.25, -0.2) is 0 Å². The van der Waals surface area contributed by atoms with E-state index < -0.39 is 0 Å². The van der Waals surface area contributed by atoms with Crippen LogP contribution in [0.2, 0.25) is 5.02 Å². The fourth-order valence-corrected chi connectivity index (χ4v) is 2.84. The number of hydrogen-bond donors (Lipinski definition) is 0. The largest absolute Gasteiger partial charge is 0.288 e. The highest BCUT2D eigenvalue weighted by molar-refractivity contribution is 7.14. The summed E-state index contributed by atoms with van der Waals surface area (Å²) in [7, 11) is 0. The molecular weight excluding hydrogens is 240 g/mol. The molecule has 0 fully saturated rings. The summed E-state index contributed by atoms with van der Waals surface area (Å²) < 4.78 is 0. The van der Waals surface area contributed by atoms with Gasteiger partial charge in [-0.05, 0) is 37.6 Å². The Morgan fingerprint density at radius 3 is 2.50 bits per heavy atom. The molecule has 0 saturated heterocycles. The Balaban J connectivity index is 2.47. The van der Waals surface area contributed by atoms with E-state index in [0.717, 1.165) is 15.3 Å². The second-order valence-electron chi connectivity index (χ2n) is 3.68. The minimum Gasteiger partial charge on any atom is -0.288 e. The van der Waals surface area contributed by atoms with Crippen LogP contribution < -0.4 is 0 Å². The predicted octanol–water partition coefficient (Wildman–Crippen LogP) is 4.25. The summed E-state index contributed by atoms with van der Waals surface area (Å²) in [5.41, 5.74) is 1.60. The second-order valence-corrected chi connectivity index (χ2v) is 5.34. The van der Waals surface area contributed by atoms with Crippen LogP contribution >= 0.6 is 22.9 Å². The maximum absolute atomic E-state index is 12.2. The average Bonchev–Trinajstić information content (AvgIpc) is 2.58. The number of benzene rings is 1. The van der Waals surface area contributed by atoms with Gasteiger partial charge in [0.2, 0.25) is 5.78 Å². The third kappa shape index (κ3) is 2.04. The molecule has 82 valence electrons. The van der Waals surface area contributed by atoms with Crippen LogP contribution in [0.5, 0.6) is 0 Å². The van der Waals surface area contributed by atoms with Crippen LogP contribution in [0, 0.1) is 13.8 Å². The van der Waals surface area contributed by atoms with Crippen LogP contribution in [0.1, 0.15) is 25.7 Å². The molecule has 16 heavy (non-hydrogen) atoms. The molecule has 0 N–H and O–H groups in total. The summed E-state index contributed by atoms with van der Waals surface area (Å²) >= 11 is 7.53. The highest BCUT2D eigenvalue weighted by Crippen LogP contribution is 2.26. The number of aryl methyl sites for hydroxylation is 2. The van der Waals surface area contributed by atoms with E-state index in [1.807, 2.05) is 32.0 Å². The van der Waals surface area contributed by atoms with Gasteiger partial charge in [0.15, 0.2) is 0 Å². The maximum Gasteiger partial charge on any atom is 0.204 e. The number of carbonyl (C=O) groups is 1. The molecule has 0 radical (unpaired) electrons. The second kappa shape index (κ2) is 4.40. The molecule has 0 amide bonds. The van der Waals surface area contributed by atoms with E-state index in [9.17, 15) is 4.79 Å². The number of thiophene rings is 1. The highest BCUT2D eigenvalue weighted by atomic mass is 35.5. The number of ketones is 1. The smallest absolute Gasteiger partial charge is 0.204 e. The van der Waals surface area contributed by atoms with Crippen molar-refractivity contribution in [2.45, 2.75) is 13.8 Å². The zero-order chi connectivity index (χ0) is 11.7. The van der Waals surface area contributed by atoms with Gasteiger partial charge < -0.3 is 0 Å². The van der Waals surface area contributed by atoms with Crippen molar-refractivity contribution in [2.75, 3.05) is 0 Å². The standard InChI is InChI=1S/C13H11ClOS/c1-8-7-9(2)16-13(8)12(15)10-5-3-4-6-11(10)14/h3-7H,1-2H3. The Morgan fingerprint density at radius 1 is 1.25 bits per heavy atom. The van der Waals surface area contributed by atoms with Crippen molar-refractivity contribution in [2.24, 2.45) is 0 Å². The van der Waals surface area contributed by atoms with Gasteiger partial charge in [-0.1, -0.05) is 23.7 Å². The summed E-state index contributed by atoms with van der Waals surface area (Å²) in [6.07, 6.45) is 0. The van der Waals surface area contributed by atoms with Crippen molar-refractivity contribution in [1.29, 1.82) is 0 Å². The molecule has 2 rings (SSSR count). The molecule has 0 spiro atoms. The molecule has 0 saturated carbocycles. The lowest BCUT2D eigenvalue weighted by Crippen LogP contribution is -2.00. The average molecular weight is 251 g/mol. The molecule has 2 aromatic rings. The minimum absolute atomic E-state index is 0.0150. The first-order valence-corrected chi connectivity index (χ1v) is 6.15. The van der Waals surface area contributed by atoms with Gasteiger partial charge in [-0.2, -0.15) is 0 Å². The molecule has 0 aliphatic heterocycles. The maximum atomic E-state index is 12.2. The van der Waals surface area contributed by atoms with Gasteiger partial charge in [0.25, 0.3) is 0 Å². The quantitative estimate of drug-likeness (QED) is 0.729. The fraction of sp³-hybridized carbons (Fsp3) is 0.154. The lowest BCUT2D eigenvalue weighted by atomic mass is 10.1. The third-order valence-electron chi connectivity index (χ3n) is 2.37. The summed E-state index contributed by atoms with van der Waals surface area (Å²) in [4.78, 5) is 14.2. The van der Waals surface area contributed by atoms with Crippen molar-refractivity contribution in [1.82, 2.24) is 0 Å². The lowest BCUT2D eigenvalue weighted by molar-refractivity contribution is 0.104. The van der Waals surface area contributed by atoms with Gasteiger partial charge >= 0.3 is 0 Å². The summed E-state index contributed by atoms with van der Waals surface area (Å²) in [5.74, 6) is 0.0150. The summed E-state index contributed by atoms with van der Waals surface area (Å²) in [6.45, 7) is 3.95. The first-order valence-electron chi connectivity index (χ1n) is 4.96. The van der Waals surface area contributed by atoms with E-state index in [1.54, 1.807) is 12.1 Å². The molecule has 1 aromatic heterocycles. The van der Waals surface area contributed by atoms with Crippen LogP contribution in [0.3, 0.4) is 0 Å².